The van der Waals surface area contributed by atoms with Crippen molar-refractivity contribution >= 4 is 12.1 Å². The van der Waals surface area contributed by atoms with Crippen LogP contribution < -0.4 is 0 Å². The molecule has 8 heteroatoms. The summed E-state index contributed by atoms with van der Waals surface area (Å²) in [6.07, 6.45) is 12.2. The normalized spacial score (nSPS) is 25.6. The minimum absolute atomic E-state index is 0.0119. The Bertz CT molecular complexity index is 1260. The average Bonchev–Trinajstić information content (AvgIpc) is 3.61. The zero-order valence-corrected chi connectivity index (χ0v) is 26.3. The summed E-state index contributed by atoms with van der Waals surface area (Å²) in [5.74, 6) is -0.552. The number of amides is 1. The fraction of sp³-hybridized carbons (Fsp3) is 0.568. The predicted octanol–water partition coefficient (Wildman–Crippen LogP) is 7.15. The molecule has 6 rings (SSSR count). The maximum Gasteiger partial charge on any atom is 0.410 e. The molecule has 45 heavy (non-hydrogen) atoms. The quantitative estimate of drug-likeness (QED) is 0.207. The van der Waals surface area contributed by atoms with Crippen LogP contribution in [0.4, 0.5) is 4.79 Å². The molecule has 2 aromatic rings. The molecule has 3 fully saturated rings. The fourth-order valence-electron chi connectivity index (χ4n) is 7.36. The molecule has 0 spiro atoms. The molecule has 8 nitrogen and oxygen atoms in total. The van der Waals surface area contributed by atoms with Gasteiger partial charge in [-0.25, -0.2) is 9.59 Å². The highest BCUT2D eigenvalue weighted by Gasteiger charge is 2.44. The van der Waals surface area contributed by atoms with Crippen molar-refractivity contribution in [1.29, 1.82) is 0 Å². The van der Waals surface area contributed by atoms with Crippen LogP contribution in [-0.4, -0.2) is 74.0 Å². The van der Waals surface area contributed by atoms with Crippen LogP contribution in [0.3, 0.4) is 0 Å². The zero-order valence-electron chi connectivity index (χ0n) is 26.3. The van der Waals surface area contributed by atoms with Gasteiger partial charge in [-0.3, -0.25) is 4.90 Å². The molecule has 0 bridgehead atoms. The molecule has 2 saturated heterocycles. The molecule has 2 aliphatic heterocycles. The van der Waals surface area contributed by atoms with Crippen LogP contribution in [0.15, 0.2) is 61.2 Å². The SMILES string of the molecule is C=CCOC(=O)[C@@H]1C[C@@H](OC2CCCC(COC3CCCCCCC3)O2)CN1C(=O)OCC1c2ccccc2-c2ccccc21. The Morgan fingerprint density at radius 3 is 2.22 bits per heavy atom. The highest BCUT2D eigenvalue weighted by atomic mass is 16.7. The first-order valence-corrected chi connectivity index (χ1v) is 16.9. The van der Waals surface area contributed by atoms with Gasteiger partial charge in [-0.15, -0.1) is 0 Å². The summed E-state index contributed by atoms with van der Waals surface area (Å²) in [6, 6.07) is 15.7. The van der Waals surface area contributed by atoms with Gasteiger partial charge in [0.15, 0.2) is 6.29 Å². The molecule has 1 amide bonds. The molecule has 242 valence electrons. The third kappa shape index (κ3) is 7.79. The largest absolute Gasteiger partial charge is 0.460 e. The van der Waals surface area contributed by atoms with Crippen molar-refractivity contribution < 1.29 is 33.3 Å². The predicted molar refractivity (Wildman–Crippen MR) is 171 cm³/mol. The number of carbonyl (C=O) groups excluding carboxylic acids is 2. The Morgan fingerprint density at radius 1 is 0.822 bits per heavy atom. The van der Waals surface area contributed by atoms with Gasteiger partial charge in [0.2, 0.25) is 0 Å². The van der Waals surface area contributed by atoms with E-state index in [0.29, 0.717) is 19.1 Å². The summed E-state index contributed by atoms with van der Waals surface area (Å²) < 4.78 is 30.3. The molecule has 0 N–H and O–H groups in total. The summed E-state index contributed by atoms with van der Waals surface area (Å²) in [4.78, 5) is 28.1. The second-order valence-corrected chi connectivity index (χ2v) is 12.8. The fourth-order valence-corrected chi connectivity index (χ4v) is 7.36. The van der Waals surface area contributed by atoms with E-state index in [1.165, 1.54) is 43.1 Å². The van der Waals surface area contributed by atoms with E-state index in [0.717, 1.165) is 54.4 Å². The van der Waals surface area contributed by atoms with E-state index in [9.17, 15) is 9.59 Å². The van der Waals surface area contributed by atoms with Crippen molar-refractivity contribution in [3.63, 3.8) is 0 Å². The Balaban J connectivity index is 1.06. The molecule has 4 aliphatic rings. The second-order valence-electron chi connectivity index (χ2n) is 12.8. The average molecular weight is 618 g/mol. The van der Waals surface area contributed by atoms with Crippen LogP contribution in [-0.2, 0) is 28.5 Å². The number of benzene rings is 2. The molecular weight excluding hydrogens is 570 g/mol. The number of esters is 1. The zero-order chi connectivity index (χ0) is 31.0. The van der Waals surface area contributed by atoms with E-state index < -0.39 is 24.4 Å². The molecule has 2 aromatic carbocycles. The third-order valence-corrected chi connectivity index (χ3v) is 9.67. The topological polar surface area (TPSA) is 83.5 Å². The number of nitrogens with zero attached hydrogens (tertiary/aromatic N) is 1. The summed E-state index contributed by atoms with van der Waals surface area (Å²) in [5.41, 5.74) is 4.60. The van der Waals surface area contributed by atoms with E-state index in [4.69, 9.17) is 23.7 Å². The van der Waals surface area contributed by atoms with Crippen LogP contribution in [0.1, 0.15) is 87.7 Å². The molecule has 2 aliphatic carbocycles. The van der Waals surface area contributed by atoms with Gasteiger partial charge in [0, 0.05) is 12.3 Å². The smallest absolute Gasteiger partial charge is 0.410 e. The van der Waals surface area contributed by atoms with Crippen molar-refractivity contribution in [3.8, 4) is 11.1 Å². The lowest BCUT2D eigenvalue weighted by Crippen LogP contribution is -2.42. The Labute approximate surface area is 267 Å². The first kappa shape index (κ1) is 31.8. The maximum atomic E-state index is 13.6. The lowest BCUT2D eigenvalue weighted by atomic mass is 9.98. The number of ether oxygens (including phenoxy) is 5. The summed E-state index contributed by atoms with van der Waals surface area (Å²) in [6.45, 7) is 4.71. The van der Waals surface area contributed by atoms with Gasteiger partial charge in [-0.2, -0.15) is 0 Å². The third-order valence-electron chi connectivity index (χ3n) is 9.67. The highest BCUT2D eigenvalue weighted by molar-refractivity contribution is 5.83. The van der Waals surface area contributed by atoms with Crippen molar-refractivity contribution in [1.82, 2.24) is 4.90 Å². The van der Waals surface area contributed by atoms with Crippen LogP contribution in [0, 0.1) is 0 Å². The van der Waals surface area contributed by atoms with Gasteiger partial charge in [0.1, 0.15) is 19.3 Å². The van der Waals surface area contributed by atoms with Crippen LogP contribution in [0.2, 0.25) is 0 Å². The summed E-state index contributed by atoms with van der Waals surface area (Å²) >= 11 is 0. The Kier molecular flexibility index (Phi) is 10.9. The Morgan fingerprint density at radius 2 is 1.51 bits per heavy atom. The maximum absolute atomic E-state index is 13.6. The first-order chi connectivity index (χ1) is 22.1. The van der Waals surface area contributed by atoms with Crippen LogP contribution in [0.25, 0.3) is 11.1 Å². The number of rotatable bonds is 10. The molecule has 2 unspecified atom stereocenters. The van der Waals surface area contributed by atoms with Gasteiger partial charge in [0.25, 0.3) is 0 Å². The van der Waals surface area contributed by atoms with Crippen molar-refractivity contribution in [2.24, 2.45) is 0 Å². The van der Waals surface area contributed by atoms with E-state index in [1.54, 1.807) is 0 Å². The molecule has 0 radical (unpaired) electrons. The van der Waals surface area contributed by atoms with Gasteiger partial charge >= 0.3 is 12.1 Å². The number of carbonyl (C=O) groups is 2. The molecular formula is C37H47NO7. The molecule has 4 atom stereocenters. The second kappa shape index (κ2) is 15.4. The van der Waals surface area contributed by atoms with E-state index in [1.807, 2.05) is 24.3 Å². The van der Waals surface area contributed by atoms with Gasteiger partial charge in [0.05, 0.1) is 31.5 Å². The van der Waals surface area contributed by atoms with Gasteiger partial charge < -0.3 is 23.7 Å². The monoisotopic (exact) mass is 617 g/mol. The van der Waals surface area contributed by atoms with Crippen molar-refractivity contribution in [2.75, 3.05) is 26.4 Å². The van der Waals surface area contributed by atoms with Gasteiger partial charge in [-0.1, -0.05) is 93.3 Å². The molecule has 0 aromatic heterocycles. The number of hydrogen-bond acceptors (Lipinski definition) is 7. The number of hydrogen-bond donors (Lipinski definition) is 0. The minimum atomic E-state index is -0.798. The van der Waals surface area contributed by atoms with Crippen molar-refractivity contribution in [2.45, 2.75) is 107 Å². The first-order valence-electron chi connectivity index (χ1n) is 16.9. The van der Waals surface area contributed by atoms with E-state index in [-0.39, 0.29) is 37.9 Å². The van der Waals surface area contributed by atoms with Crippen LogP contribution >= 0.6 is 0 Å². The highest BCUT2D eigenvalue weighted by Crippen LogP contribution is 2.44. The van der Waals surface area contributed by atoms with E-state index >= 15 is 0 Å². The number of likely N-dealkylation sites (tertiary alicyclic amines) is 1. The van der Waals surface area contributed by atoms with Crippen molar-refractivity contribution in [3.05, 3.63) is 72.3 Å². The van der Waals surface area contributed by atoms with E-state index in [2.05, 4.69) is 30.8 Å². The molecule has 1 saturated carbocycles. The summed E-state index contributed by atoms with van der Waals surface area (Å²) in [7, 11) is 0. The minimum Gasteiger partial charge on any atom is -0.460 e. The summed E-state index contributed by atoms with van der Waals surface area (Å²) in [5, 5.41) is 0. The number of fused-ring (bicyclic) bond motifs is 3. The van der Waals surface area contributed by atoms with Gasteiger partial charge in [-0.05, 0) is 54.4 Å². The standard InChI is InChI=1S/C37H47NO7/c1-2-21-41-36(39)34-22-28(45-35-20-12-15-27(44-35)24-42-26-13-6-4-3-5-7-14-26)23-38(34)37(40)43-25-33-31-18-10-8-16-29(31)30-17-9-11-19-32(30)33/h2,8-11,16-19,26-28,33-35H,1,3-7,12-15,20-25H2/t27?,28-,34+,35?/m1/s1. The molecule has 2 heterocycles. The lowest BCUT2D eigenvalue weighted by Gasteiger charge is -2.32. The van der Waals surface area contributed by atoms with Crippen LogP contribution in [0.5, 0.6) is 0 Å². The lowest BCUT2D eigenvalue weighted by molar-refractivity contribution is -0.224. The Hall–Kier alpha value is -3.20.